The van der Waals surface area contributed by atoms with Crippen molar-refractivity contribution in [2.75, 3.05) is 33.3 Å². The molecule has 0 spiro atoms. The van der Waals surface area contributed by atoms with Crippen LogP contribution in [0.15, 0.2) is 36.7 Å². The number of methoxy groups -OCH3 is 1. The van der Waals surface area contributed by atoms with Crippen LogP contribution in [-0.4, -0.2) is 59.5 Å². The van der Waals surface area contributed by atoms with Crippen molar-refractivity contribution in [2.24, 2.45) is 7.05 Å². The minimum Gasteiger partial charge on any atom is -0.496 e. The first-order valence-electron chi connectivity index (χ1n) is 8.03. The summed E-state index contributed by atoms with van der Waals surface area (Å²) in [6.07, 6.45) is 3.65. The second kappa shape index (κ2) is 7.19. The van der Waals surface area contributed by atoms with Crippen molar-refractivity contribution in [2.45, 2.75) is 0 Å². The van der Waals surface area contributed by atoms with E-state index < -0.39 is 0 Å². The molecule has 3 rings (SSSR count). The number of hydrogen-bond donors (Lipinski definition) is 0. The molecule has 1 aromatic carbocycles. The van der Waals surface area contributed by atoms with Crippen molar-refractivity contribution >= 4 is 23.4 Å². The number of piperazine rings is 1. The number of aryl methyl sites for hydroxylation is 1. The number of rotatable bonds is 3. The van der Waals surface area contributed by atoms with E-state index >= 15 is 0 Å². The van der Waals surface area contributed by atoms with Crippen molar-refractivity contribution in [1.29, 1.82) is 0 Å². The van der Waals surface area contributed by atoms with Crippen LogP contribution in [0.3, 0.4) is 0 Å². The molecule has 25 heavy (non-hydrogen) atoms. The van der Waals surface area contributed by atoms with Gasteiger partial charge in [-0.05, 0) is 24.3 Å². The zero-order valence-electron chi connectivity index (χ0n) is 14.2. The number of nitrogens with zero attached hydrogens (tertiary/aromatic N) is 3. The van der Waals surface area contributed by atoms with Gasteiger partial charge < -0.3 is 19.1 Å². The highest BCUT2D eigenvalue weighted by atomic mass is 35.5. The second-order valence-corrected chi connectivity index (χ2v) is 6.43. The average Bonchev–Trinajstić information content (AvgIpc) is 3.07. The van der Waals surface area contributed by atoms with Gasteiger partial charge in [-0.3, -0.25) is 9.59 Å². The molecule has 1 fully saturated rings. The third-order valence-electron chi connectivity index (χ3n) is 4.32. The average molecular weight is 362 g/mol. The zero-order valence-corrected chi connectivity index (χ0v) is 15.0. The van der Waals surface area contributed by atoms with Gasteiger partial charge in [-0.1, -0.05) is 11.6 Å². The summed E-state index contributed by atoms with van der Waals surface area (Å²) in [5.41, 5.74) is 1.11. The van der Waals surface area contributed by atoms with Crippen LogP contribution >= 0.6 is 11.6 Å². The van der Waals surface area contributed by atoms with Crippen LogP contribution in [0.2, 0.25) is 5.02 Å². The summed E-state index contributed by atoms with van der Waals surface area (Å²) >= 11 is 6.01. The van der Waals surface area contributed by atoms with Crippen LogP contribution in [0.1, 0.15) is 20.7 Å². The fraction of sp³-hybridized carbons (Fsp3) is 0.333. The molecule has 1 aliphatic rings. The summed E-state index contributed by atoms with van der Waals surface area (Å²) in [7, 11) is 3.41. The van der Waals surface area contributed by atoms with Crippen molar-refractivity contribution < 1.29 is 14.3 Å². The Morgan fingerprint density at radius 3 is 2.24 bits per heavy atom. The lowest BCUT2D eigenvalue weighted by atomic mass is 10.1. The highest BCUT2D eigenvalue weighted by molar-refractivity contribution is 6.31. The first-order valence-corrected chi connectivity index (χ1v) is 8.41. The predicted octanol–water partition coefficient (Wildman–Crippen LogP) is 2.29. The molecule has 2 aromatic rings. The maximum absolute atomic E-state index is 12.8. The first kappa shape index (κ1) is 17.4. The topological polar surface area (TPSA) is 54.8 Å². The Kier molecular flexibility index (Phi) is 4.99. The number of benzene rings is 1. The minimum absolute atomic E-state index is 0.00645. The molecule has 7 heteroatoms. The first-order chi connectivity index (χ1) is 12.0. The standard InChI is InChI=1S/C18H20ClN3O3/c1-20-6-5-13(12-20)17(23)21-7-9-22(10-8-21)18(24)15-11-14(19)3-4-16(15)25-2/h3-6,11-12H,7-10H2,1-2H3. The molecule has 2 amide bonds. The molecular weight excluding hydrogens is 342 g/mol. The predicted molar refractivity (Wildman–Crippen MR) is 95.2 cm³/mol. The Labute approximate surface area is 151 Å². The number of aromatic nitrogens is 1. The fourth-order valence-electron chi connectivity index (χ4n) is 2.94. The maximum atomic E-state index is 12.8. The summed E-state index contributed by atoms with van der Waals surface area (Å²) in [6, 6.07) is 6.79. The van der Waals surface area contributed by atoms with Crippen LogP contribution in [0.5, 0.6) is 5.75 Å². The van der Waals surface area contributed by atoms with E-state index in [2.05, 4.69) is 0 Å². The lowest BCUT2D eigenvalue weighted by Crippen LogP contribution is -2.50. The Morgan fingerprint density at radius 2 is 1.68 bits per heavy atom. The van der Waals surface area contributed by atoms with E-state index in [-0.39, 0.29) is 11.8 Å². The molecule has 1 aromatic heterocycles. The van der Waals surface area contributed by atoms with Gasteiger partial charge in [0.2, 0.25) is 0 Å². The van der Waals surface area contributed by atoms with E-state index in [0.717, 1.165) is 0 Å². The van der Waals surface area contributed by atoms with Crippen molar-refractivity contribution in [3.8, 4) is 5.75 Å². The van der Waals surface area contributed by atoms with Crippen LogP contribution in [0, 0.1) is 0 Å². The van der Waals surface area contributed by atoms with Crippen LogP contribution in [0.4, 0.5) is 0 Å². The molecule has 0 atom stereocenters. The van der Waals surface area contributed by atoms with Gasteiger partial charge in [0, 0.05) is 50.6 Å². The van der Waals surface area contributed by atoms with Gasteiger partial charge in [0.15, 0.2) is 0 Å². The Balaban J connectivity index is 1.67. The molecule has 0 N–H and O–H groups in total. The largest absolute Gasteiger partial charge is 0.496 e. The smallest absolute Gasteiger partial charge is 0.257 e. The van der Waals surface area contributed by atoms with Gasteiger partial charge >= 0.3 is 0 Å². The number of ether oxygens (including phenoxy) is 1. The van der Waals surface area contributed by atoms with E-state index in [1.165, 1.54) is 7.11 Å². The number of carbonyl (C=O) groups is 2. The van der Waals surface area contributed by atoms with Gasteiger partial charge in [0.05, 0.1) is 18.2 Å². The van der Waals surface area contributed by atoms with Crippen LogP contribution < -0.4 is 4.74 Å². The van der Waals surface area contributed by atoms with E-state index in [1.807, 2.05) is 17.8 Å². The van der Waals surface area contributed by atoms with Crippen molar-refractivity contribution in [1.82, 2.24) is 14.4 Å². The second-order valence-electron chi connectivity index (χ2n) is 5.99. The fourth-order valence-corrected chi connectivity index (χ4v) is 3.11. The Hall–Kier alpha value is -2.47. The van der Waals surface area contributed by atoms with E-state index in [4.69, 9.17) is 16.3 Å². The number of halogens is 1. The molecule has 0 unspecified atom stereocenters. The third kappa shape index (κ3) is 3.64. The molecule has 6 nitrogen and oxygen atoms in total. The van der Waals surface area contributed by atoms with Gasteiger partial charge in [0.1, 0.15) is 5.75 Å². The summed E-state index contributed by atoms with van der Waals surface area (Å²) in [5.74, 6) is 0.358. The number of carbonyl (C=O) groups excluding carboxylic acids is 2. The number of hydrogen-bond acceptors (Lipinski definition) is 3. The lowest BCUT2D eigenvalue weighted by Gasteiger charge is -2.35. The van der Waals surface area contributed by atoms with Gasteiger partial charge in [-0.25, -0.2) is 0 Å². The summed E-state index contributed by atoms with van der Waals surface area (Å²) in [5, 5.41) is 0.488. The van der Waals surface area contributed by atoms with Gasteiger partial charge in [-0.15, -0.1) is 0 Å². The van der Waals surface area contributed by atoms with Crippen molar-refractivity contribution in [3.05, 3.63) is 52.8 Å². The molecule has 132 valence electrons. The summed E-state index contributed by atoms with van der Waals surface area (Å²) < 4.78 is 7.10. The SMILES string of the molecule is COc1ccc(Cl)cc1C(=O)N1CCN(C(=O)c2ccn(C)c2)CC1. The van der Waals surface area contributed by atoms with Crippen LogP contribution in [-0.2, 0) is 7.05 Å². The molecule has 2 heterocycles. The molecule has 0 aliphatic carbocycles. The molecule has 1 aliphatic heterocycles. The minimum atomic E-state index is -0.133. The van der Waals surface area contributed by atoms with E-state index in [9.17, 15) is 9.59 Å². The number of amides is 2. The van der Waals surface area contributed by atoms with Crippen LogP contribution in [0.25, 0.3) is 0 Å². The molecular formula is C18H20ClN3O3. The summed E-state index contributed by atoms with van der Waals surface area (Å²) in [6.45, 7) is 1.96. The van der Waals surface area contributed by atoms with E-state index in [0.29, 0.717) is 48.1 Å². The maximum Gasteiger partial charge on any atom is 0.257 e. The molecule has 1 saturated heterocycles. The highest BCUT2D eigenvalue weighted by Gasteiger charge is 2.27. The quantitative estimate of drug-likeness (QED) is 0.842. The Morgan fingerprint density at radius 1 is 1.04 bits per heavy atom. The Bertz CT molecular complexity index is 795. The highest BCUT2D eigenvalue weighted by Crippen LogP contribution is 2.24. The molecule has 0 radical (unpaired) electrons. The monoisotopic (exact) mass is 361 g/mol. The van der Waals surface area contributed by atoms with Crippen molar-refractivity contribution in [3.63, 3.8) is 0 Å². The van der Waals surface area contributed by atoms with Gasteiger partial charge in [0.25, 0.3) is 11.8 Å². The summed E-state index contributed by atoms with van der Waals surface area (Å²) in [4.78, 5) is 28.7. The van der Waals surface area contributed by atoms with Gasteiger partial charge in [-0.2, -0.15) is 0 Å². The zero-order chi connectivity index (χ0) is 18.0. The molecule has 0 saturated carbocycles. The molecule has 0 bridgehead atoms. The lowest BCUT2D eigenvalue weighted by molar-refractivity contribution is 0.0533. The third-order valence-corrected chi connectivity index (χ3v) is 4.56. The normalized spacial score (nSPS) is 14.5. The van der Waals surface area contributed by atoms with E-state index in [1.54, 1.807) is 40.3 Å².